The van der Waals surface area contributed by atoms with Gasteiger partial charge in [0.15, 0.2) is 17.7 Å². The van der Waals surface area contributed by atoms with Crippen LogP contribution in [0.3, 0.4) is 0 Å². The zero-order valence-corrected chi connectivity index (χ0v) is 80.6. The summed E-state index contributed by atoms with van der Waals surface area (Å²) in [6, 6.07) is 44.6. The van der Waals surface area contributed by atoms with Gasteiger partial charge in [-0.2, -0.15) is 0 Å². The number of ether oxygens (including phenoxy) is 2. The van der Waals surface area contributed by atoms with Gasteiger partial charge < -0.3 is 29.5 Å². The standard InChI is InChI=1S/C29H29N3O4.C29H30N2O2.C27H38F2O2.C26H38O2/c1-28(2)12-13-29(3,4)22-16-25-20(15-21(22)28)26(17-6-8-18(9-7-17)27(33)34)30-23-14-19(32(35)36)10-11-24(23)31(25)5;1-28(2)14-15-29(3,4)22-17-25-20(16-21(22)28)26(18-10-12-19(13-11-18)27(32)33)30-23-8-6-7-9-24(23)31(25)5;1-18(13-20(3)30)11-10-12-19(2)23-14-21(26(4,5)6)15-24(27(7,8)9)25(23)31-17-22(29)16-28;1-9-10-14-28-26-24(19(4)5)16-23(18(2)3)17-25(26)21(7)13-11-12-20(6)15-22(8)27/h6-11,14-16H,12-13H2,1-5H3,(H,33,34);6-13,16-17H,14-15H2,1-5H3,(H,32,33);10-15,22H,16-17H2,1-9H3;11-13,15-19H,9-10,14H2,1-8H3/b;;11-10+,18-13+,19-12+;12-11+,20-15+,21-13+. The lowest BCUT2D eigenvalue weighted by molar-refractivity contribution is -0.384. The topological polar surface area (TPSA) is 202 Å². The Morgan fingerprint density at radius 1 is 0.539 bits per heavy atom. The fourth-order valence-corrected chi connectivity index (χ4v) is 16.7. The number of non-ortho nitro benzene ring substituents is 1. The Kier molecular flexibility index (Phi) is 32.2. The molecule has 2 N–H and O–H groups in total. The van der Waals surface area contributed by atoms with E-state index in [1.54, 1.807) is 61.5 Å². The molecule has 0 saturated heterocycles. The molecule has 2 heterocycles. The number of ketones is 2. The molecule has 1 atom stereocenters. The molecule has 678 valence electrons. The van der Waals surface area contributed by atoms with Gasteiger partial charge in [-0.25, -0.2) is 28.4 Å². The van der Waals surface area contributed by atoms with E-state index in [2.05, 4.69) is 216 Å². The van der Waals surface area contributed by atoms with Gasteiger partial charge >= 0.3 is 11.9 Å². The quantitative estimate of drug-likeness (QED) is 0.0202. The lowest BCUT2D eigenvalue weighted by Gasteiger charge is -2.43. The Bertz CT molecular complexity index is 5750. The number of benzene rings is 8. The van der Waals surface area contributed by atoms with Gasteiger partial charge in [0, 0.05) is 65.2 Å². The molecule has 0 bridgehead atoms. The highest BCUT2D eigenvalue weighted by molar-refractivity contribution is 6.20. The summed E-state index contributed by atoms with van der Waals surface area (Å²) in [7, 11) is 4.07. The van der Waals surface area contributed by atoms with Gasteiger partial charge in [-0.3, -0.25) is 19.7 Å². The number of hydrogen-bond donors (Lipinski definition) is 2. The third-order valence-corrected chi connectivity index (χ3v) is 24.9. The lowest BCUT2D eigenvalue weighted by atomic mass is 9.62. The van der Waals surface area contributed by atoms with Crippen molar-refractivity contribution in [2.75, 3.05) is 43.8 Å². The van der Waals surface area contributed by atoms with Crippen LogP contribution in [0.2, 0.25) is 0 Å². The Morgan fingerprint density at radius 3 is 1.38 bits per heavy atom. The molecule has 0 fully saturated rings. The van der Waals surface area contributed by atoms with Crippen molar-refractivity contribution in [2.24, 2.45) is 9.98 Å². The fourth-order valence-electron chi connectivity index (χ4n) is 16.7. The van der Waals surface area contributed by atoms with Crippen LogP contribution in [0.15, 0.2) is 209 Å². The van der Waals surface area contributed by atoms with Crippen LogP contribution < -0.4 is 19.3 Å². The average molecular weight is 1740 g/mol. The minimum Gasteiger partial charge on any atom is -0.493 e. The number of hydrogen-bond acceptors (Lipinski definition) is 12. The van der Waals surface area contributed by atoms with E-state index in [1.807, 2.05) is 88.5 Å². The summed E-state index contributed by atoms with van der Waals surface area (Å²) in [5.41, 5.74) is 26.9. The normalized spacial score (nSPS) is 15.9. The highest BCUT2D eigenvalue weighted by Gasteiger charge is 2.42. The van der Waals surface area contributed by atoms with Crippen LogP contribution in [0.5, 0.6) is 11.5 Å². The molecule has 17 heteroatoms. The van der Waals surface area contributed by atoms with Crippen molar-refractivity contribution in [1.29, 1.82) is 0 Å². The van der Waals surface area contributed by atoms with E-state index in [-0.39, 0.29) is 67.5 Å². The van der Waals surface area contributed by atoms with E-state index in [9.17, 15) is 48.3 Å². The number of allylic oxidation sites excluding steroid dienone is 12. The monoisotopic (exact) mass is 1740 g/mol. The van der Waals surface area contributed by atoms with E-state index < -0.39 is 29.7 Å². The number of unbranched alkanes of at least 4 members (excludes halogenated alkanes) is 1. The van der Waals surface area contributed by atoms with Crippen molar-refractivity contribution >= 4 is 85.9 Å². The van der Waals surface area contributed by atoms with Crippen LogP contribution in [-0.4, -0.2) is 90.2 Å². The molecule has 15 nitrogen and oxygen atoms in total. The van der Waals surface area contributed by atoms with E-state index in [0.29, 0.717) is 29.0 Å². The largest absolute Gasteiger partial charge is 0.493 e. The molecule has 0 amide bonds. The Balaban J connectivity index is 0.000000194. The van der Waals surface area contributed by atoms with E-state index in [4.69, 9.17) is 19.5 Å². The third kappa shape index (κ3) is 24.2. The van der Waals surface area contributed by atoms with Crippen LogP contribution in [0, 0.1) is 10.1 Å². The highest BCUT2D eigenvalue weighted by Crippen LogP contribution is 2.53. The molecular weight excluding hydrogens is 1600 g/mol. The van der Waals surface area contributed by atoms with Crippen molar-refractivity contribution in [3.63, 3.8) is 0 Å². The third-order valence-electron chi connectivity index (χ3n) is 24.9. The second-order valence-electron chi connectivity index (χ2n) is 40.0. The summed E-state index contributed by atoms with van der Waals surface area (Å²) in [5, 5.41) is 30.3. The first-order valence-corrected chi connectivity index (χ1v) is 44.8. The van der Waals surface area contributed by atoms with Crippen molar-refractivity contribution < 1.29 is 52.6 Å². The smallest absolute Gasteiger partial charge is 0.335 e. The predicted octanol–water partition coefficient (Wildman–Crippen LogP) is 28.9. The van der Waals surface area contributed by atoms with E-state index >= 15 is 0 Å². The number of carboxylic acid groups (broad SMARTS) is 2. The Hall–Kier alpha value is -11.7. The molecule has 8 aromatic rings. The molecule has 8 aromatic carbocycles. The lowest BCUT2D eigenvalue weighted by Crippen LogP contribution is -2.34. The van der Waals surface area contributed by atoms with Crippen molar-refractivity contribution in [2.45, 2.75) is 262 Å². The number of aliphatic imine (C=N–C) groups is 2. The number of carbonyl (C=O) groups excluding carboxylic acids is 2. The first-order chi connectivity index (χ1) is 59.8. The minimum absolute atomic E-state index is 0.000116. The zero-order valence-electron chi connectivity index (χ0n) is 80.6. The number of alkyl halides is 2. The van der Waals surface area contributed by atoms with Gasteiger partial charge in [0.1, 0.15) is 24.8 Å². The molecule has 2 aliphatic heterocycles. The summed E-state index contributed by atoms with van der Waals surface area (Å²) in [6.07, 6.45) is 20.0. The second-order valence-corrected chi connectivity index (χ2v) is 40.0. The number of para-hydroxylation sites is 2. The molecular formula is C111H135F2N5O10. The highest BCUT2D eigenvalue weighted by atomic mass is 19.2. The van der Waals surface area contributed by atoms with Gasteiger partial charge in [0.25, 0.3) is 5.69 Å². The maximum atomic E-state index is 13.7. The van der Waals surface area contributed by atoms with E-state index in [0.717, 1.165) is 141 Å². The molecule has 12 rings (SSSR count). The molecule has 4 aliphatic rings. The number of aromatic carboxylic acids is 2. The number of carbonyl (C=O) groups is 4. The summed E-state index contributed by atoms with van der Waals surface area (Å²) >= 11 is 0. The number of carboxylic acids is 2. The number of halogens is 2. The summed E-state index contributed by atoms with van der Waals surface area (Å²) < 4.78 is 38.6. The summed E-state index contributed by atoms with van der Waals surface area (Å²) in [5.74, 6) is 0.626. The molecule has 1 unspecified atom stereocenters. The first kappa shape index (κ1) is 100. The van der Waals surface area contributed by atoms with Crippen LogP contribution >= 0.6 is 0 Å². The van der Waals surface area contributed by atoms with Crippen LogP contribution in [-0.2, 0) is 42.1 Å². The molecule has 0 saturated carbocycles. The number of nitro groups is 1. The molecule has 2 aliphatic carbocycles. The van der Waals surface area contributed by atoms with Gasteiger partial charge in [-0.05, 0) is 270 Å². The summed E-state index contributed by atoms with van der Waals surface area (Å²) in [6.45, 7) is 52.6. The van der Waals surface area contributed by atoms with Crippen molar-refractivity contribution in [3.8, 4) is 11.5 Å². The predicted molar refractivity (Wildman–Crippen MR) is 526 cm³/mol. The van der Waals surface area contributed by atoms with Crippen molar-refractivity contribution in [3.05, 3.63) is 298 Å². The maximum absolute atomic E-state index is 13.7. The molecule has 0 radical (unpaired) electrons. The zero-order chi connectivity index (χ0) is 94.8. The van der Waals surface area contributed by atoms with Crippen LogP contribution in [0.1, 0.15) is 322 Å². The number of nitrogens with zero attached hydrogens (tertiary/aromatic N) is 5. The number of fused-ring (bicyclic) bond motifs is 6. The number of nitro benzene ring substituents is 1. The van der Waals surface area contributed by atoms with Gasteiger partial charge in [-0.1, -0.05) is 223 Å². The average Bonchev–Trinajstić information content (AvgIpc) is 1.70. The van der Waals surface area contributed by atoms with E-state index in [1.165, 1.54) is 63.6 Å². The van der Waals surface area contributed by atoms with Gasteiger partial charge in [-0.15, -0.1) is 0 Å². The SMILES string of the molecule is CC(=O)/C=C(C)/C=C/C=C(\C)c1cc(C(C)(C)C)cc(C(C)(C)C)c1OCC(F)CF.CCCCOc1c(/C(C)=C/C=C/C(C)=C/C(C)=O)cc(C(C)C)cc1C(C)C.CN1c2ccc([N+](=O)[O-])cc2N=C(c2ccc(C(=O)O)cc2)c2cc3c(cc21)C(C)(C)CCC3(C)C.CN1c2ccccc2N=C(c2ccc(C(=O)O)cc2)c2cc3c(cc21)C(C)(C)CCC3(C)C. The Morgan fingerprint density at radius 2 is 0.977 bits per heavy atom. The number of anilines is 4. The molecule has 128 heavy (non-hydrogen) atoms. The van der Waals surface area contributed by atoms with Crippen molar-refractivity contribution in [1.82, 2.24) is 0 Å². The summed E-state index contributed by atoms with van der Waals surface area (Å²) in [4.78, 5) is 70.8. The first-order valence-electron chi connectivity index (χ1n) is 44.8. The van der Waals surface area contributed by atoms with Gasteiger partial charge in [0.05, 0.1) is 68.2 Å². The van der Waals surface area contributed by atoms with Gasteiger partial charge in [0.2, 0.25) is 0 Å². The van der Waals surface area contributed by atoms with Crippen LogP contribution in [0.25, 0.3) is 11.1 Å². The maximum Gasteiger partial charge on any atom is 0.335 e. The number of rotatable bonds is 23. The molecule has 0 spiro atoms. The Labute approximate surface area is 759 Å². The second kappa shape index (κ2) is 41.1. The fraction of sp³-hybridized carbons (Fsp3) is 0.405. The molecule has 0 aromatic heterocycles. The van der Waals surface area contributed by atoms with Crippen LogP contribution in [0.4, 0.5) is 48.6 Å². The minimum atomic E-state index is -1.66.